The van der Waals surface area contributed by atoms with Crippen molar-refractivity contribution in [3.63, 3.8) is 0 Å². The predicted octanol–water partition coefficient (Wildman–Crippen LogP) is 3.38. The Hall–Kier alpha value is -1.97. The van der Waals surface area contributed by atoms with Gasteiger partial charge in [-0.2, -0.15) is 0 Å². The van der Waals surface area contributed by atoms with Crippen LogP contribution in [0.25, 0.3) is 10.9 Å². The molecule has 1 heterocycles. The monoisotopic (exact) mass is 260 g/mol. The Morgan fingerprint density at radius 3 is 2.26 bits per heavy atom. The predicted molar refractivity (Wildman–Crippen MR) is 78.4 cm³/mol. The van der Waals surface area contributed by atoms with Gasteiger partial charge in [-0.15, -0.1) is 0 Å². The number of aryl methyl sites for hydroxylation is 1. The normalized spacial score (nSPS) is 10.5. The van der Waals surface area contributed by atoms with Crippen molar-refractivity contribution < 1.29 is 9.47 Å². The fourth-order valence-electron chi connectivity index (χ4n) is 2.11. The van der Waals surface area contributed by atoms with Crippen LogP contribution in [0.1, 0.15) is 19.5 Å². The number of rotatable bonds is 5. The number of nitrogens with zero attached hydrogens (tertiary/aromatic N) is 1. The lowest BCUT2D eigenvalue weighted by Crippen LogP contribution is -2.00. The van der Waals surface area contributed by atoms with Crippen molar-refractivity contribution in [3.8, 4) is 11.5 Å². The van der Waals surface area contributed by atoms with E-state index in [0.717, 1.165) is 33.8 Å². The molecule has 4 nitrogen and oxygen atoms in total. The molecule has 0 aliphatic heterocycles. The third kappa shape index (κ3) is 2.72. The van der Waals surface area contributed by atoms with Crippen LogP contribution in [0.5, 0.6) is 11.5 Å². The highest BCUT2D eigenvalue weighted by Gasteiger charge is 2.11. The van der Waals surface area contributed by atoms with E-state index in [2.05, 4.69) is 10.3 Å². The number of fused-ring (bicyclic) bond motifs is 1. The second kappa shape index (κ2) is 5.78. The fourth-order valence-corrected chi connectivity index (χ4v) is 2.11. The van der Waals surface area contributed by atoms with E-state index in [1.165, 1.54) is 0 Å². The summed E-state index contributed by atoms with van der Waals surface area (Å²) in [5.74, 6) is 1.51. The van der Waals surface area contributed by atoms with Gasteiger partial charge in [-0.25, -0.2) is 0 Å². The second-order valence-corrected chi connectivity index (χ2v) is 4.24. The molecule has 0 radical (unpaired) electrons. The van der Waals surface area contributed by atoms with E-state index in [4.69, 9.17) is 9.47 Å². The van der Waals surface area contributed by atoms with Gasteiger partial charge in [-0.1, -0.05) is 0 Å². The maximum atomic E-state index is 5.65. The van der Waals surface area contributed by atoms with Crippen LogP contribution in [0.2, 0.25) is 0 Å². The van der Waals surface area contributed by atoms with Gasteiger partial charge in [0.1, 0.15) is 0 Å². The van der Waals surface area contributed by atoms with Crippen molar-refractivity contribution in [1.29, 1.82) is 0 Å². The molecule has 0 aliphatic rings. The Labute approximate surface area is 113 Å². The molecule has 0 saturated heterocycles. The highest BCUT2D eigenvalue weighted by molar-refractivity contribution is 5.93. The van der Waals surface area contributed by atoms with Crippen molar-refractivity contribution in [2.45, 2.75) is 20.8 Å². The third-order valence-electron chi connectivity index (χ3n) is 2.87. The van der Waals surface area contributed by atoms with Crippen LogP contribution in [0.15, 0.2) is 18.2 Å². The zero-order valence-corrected chi connectivity index (χ0v) is 11.9. The van der Waals surface area contributed by atoms with Crippen LogP contribution in [0, 0.1) is 6.92 Å². The fraction of sp³-hybridized carbons (Fsp3) is 0.400. The first-order valence-electron chi connectivity index (χ1n) is 6.58. The topological polar surface area (TPSA) is 43.4 Å². The summed E-state index contributed by atoms with van der Waals surface area (Å²) in [7, 11) is 1.91. The largest absolute Gasteiger partial charge is 0.490 e. The third-order valence-corrected chi connectivity index (χ3v) is 2.87. The van der Waals surface area contributed by atoms with Crippen molar-refractivity contribution >= 4 is 16.6 Å². The molecule has 2 aromatic rings. The summed E-state index contributed by atoms with van der Waals surface area (Å²) in [6.45, 7) is 7.13. The van der Waals surface area contributed by atoms with Crippen molar-refractivity contribution in [2.75, 3.05) is 25.6 Å². The summed E-state index contributed by atoms with van der Waals surface area (Å²) in [6, 6.07) is 5.96. The van der Waals surface area contributed by atoms with E-state index >= 15 is 0 Å². The molecule has 1 N–H and O–H groups in total. The molecular formula is C15H20N2O2. The average molecular weight is 260 g/mol. The van der Waals surface area contributed by atoms with Crippen molar-refractivity contribution in [1.82, 2.24) is 4.98 Å². The van der Waals surface area contributed by atoms with E-state index < -0.39 is 0 Å². The number of aromatic nitrogens is 1. The lowest BCUT2D eigenvalue weighted by atomic mass is 10.1. The molecule has 19 heavy (non-hydrogen) atoms. The number of hydrogen-bond acceptors (Lipinski definition) is 4. The Balaban J connectivity index is 2.65. The summed E-state index contributed by atoms with van der Waals surface area (Å²) >= 11 is 0. The number of hydrogen-bond donors (Lipinski definition) is 1. The zero-order valence-electron chi connectivity index (χ0n) is 11.9. The number of nitrogens with one attached hydrogen (secondary N) is 1. The Kier molecular flexibility index (Phi) is 4.10. The van der Waals surface area contributed by atoms with E-state index in [-0.39, 0.29) is 0 Å². The minimum absolute atomic E-state index is 0.607. The smallest absolute Gasteiger partial charge is 0.163 e. The van der Waals surface area contributed by atoms with Gasteiger partial charge in [0.25, 0.3) is 0 Å². The van der Waals surface area contributed by atoms with Gasteiger partial charge in [0, 0.05) is 29.9 Å². The summed E-state index contributed by atoms with van der Waals surface area (Å²) < 4.78 is 11.3. The Bertz CT molecular complexity index is 582. The van der Waals surface area contributed by atoms with Crippen molar-refractivity contribution in [2.24, 2.45) is 0 Å². The number of benzene rings is 1. The van der Waals surface area contributed by atoms with Crippen molar-refractivity contribution in [3.05, 3.63) is 23.9 Å². The van der Waals surface area contributed by atoms with Crippen LogP contribution in [0.3, 0.4) is 0 Å². The SMILES string of the molecule is CCOc1cc2nc(C)cc(NC)c2cc1OCC. The lowest BCUT2D eigenvalue weighted by Gasteiger charge is -2.14. The van der Waals surface area contributed by atoms with E-state index in [0.29, 0.717) is 13.2 Å². The molecule has 2 rings (SSSR count). The van der Waals surface area contributed by atoms with E-state index in [9.17, 15) is 0 Å². The molecule has 0 fully saturated rings. The summed E-state index contributed by atoms with van der Waals surface area (Å²) in [6.07, 6.45) is 0. The van der Waals surface area contributed by atoms with Crippen LogP contribution in [0.4, 0.5) is 5.69 Å². The number of ether oxygens (including phenoxy) is 2. The summed E-state index contributed by atoms with van der Waals surface area (Å²) in [5, 5.41) is 4.24. The summed E-state index contributed by atoms with van der Waals surface area (Å²) in [4.78, 5) is 4.55. The first-order valence-corrected chi connectivity index (χ1v) is 6.58. The minimum atomic E-state index is 0.607. The van der Waals surface area contributed by atoms with Gasteiger partial charge in [0.15, 0.2) is 11.5 Å². The van der Waals surface area contributed by atoms with Gasteiger partial charge in [0.05, 0.1) is 18.7 Å². The van der Waals surface area contributed by atoms with Gasteiger partial charge in [-0.05, 0) is 32.9 Å². The molecule has 0 unspecified atom stereocenters. The average Bonchev–Trinajstić information content (AvgIpc) is 2.39. The second-order valence-electron chi connectivity index (χ2n) is 4.24. The number of anilines is 1. The lowest BCUT2D eigenvalue weighted by molar-refractivity contribution is 0.288. The quantitative estimate of drug-likeness (QED) is 0.895. The standard InChI is InChI=1S/C15H20N2O2/c1-5-18-14-8-11-12(16-4)7-10(3)17-13(11)9-15(14)19-6-2/h7-9H,5-6H2,1-4H3,(H,16,17). The molecule has 1 aromatic heterocycles. The molecular weight excluding hydrogens is 240 g/mol. The molecule has 0 bridgehead atoms. The number of pyridine rings is 1. The first-order chi connectivity index (χ1) is 9.19. The molecule has 102 valence electrons. The van der Waals surface area contributed by atoms with E-state index in [1.807, 2.05) is 46.0 Å². The maximum absolute atomic E-state index is 5.65. The maximum Gasteiger partial charge on any atom is 0.163 e. The highest BCUT2D eigenvalue weighted by Crippen LogP contribution is 2.35. The first kappa shape index (κ1) is 13.5. The minimum Gasteiger partial charge on any atom is -0.490 e. The van der Waals surface area contributed by atoms with Gasteiger partial charge in [0.2, 0.25) is 0 Å². The molecule has 0 atom stereocenters. The van der Waals surface area contributed by atoms with E-state index in [1.54, 1.807) is 0 Å². The Morgan fingerprint density at radius 2 is 1.68 bits per heavy atom. The molecule has 0 spiro atoms. The molecule has 1 aromatic carbocycles. The van der Waals surface area contributed by atoms with Gasteiger partial charge < -0.3 is 14.8 Å². The van der Waals surface area contributed by atoms with Crippen LogP contribution in [-0.4, -0.2) is 25.2 Å². The Morgan fingerprint density at radius 1 is 1.05 bits per heavy atom. The highest BCUT2D eigenvalue weighted by atomic mass is 16.5. The van der Waals surface area contributed by atoms with Crippen LogP contribution >= 0.6 is 0 Å². The van der Waals surface area contributed by atoms with Gasteiger partial charge >= 0.3 is 0 Å². The molecule has 4 heteroatoms. The molecule has 0 saturated carbocycles. The zero-order chi connectivity index (χ0) is 13.8. The molecule has 0 amide bonds. The van der Waals surface area contributed by atoms with Crippen LogP contribution < -0.4 is 14.8 Å². The van der Waals surface area contributed by atoms with Gasteiger partial charge in [-0.3, -0.25) is 4.98 Å². The van der Waals surface area contributed by atoms with Crippen LogP contribution in [-0.2, 0) is 0 Å². The summed E-state index contributed by atoms with van der Waals surface area (Å²) in [5.41, 5.74) is 2.94. The molecule has 0 aliphatic carbocycles.